The molecular weight excluding hydrogens is 214 g/mol. The number of rotatable bonds is 1. The number of nitrogens with two attached hydrogens (primary N) is 1. The van der Waals surface area contributed by atoms with Crippen LogP contribution in [0.2, 0.25) is 0 Å². The Balaban J connectivity index is 2.28. The summed E-state index contributed by atoms with van der Waals surface area (Å²) in [6.07, 6.45) is 3.84. The average molecular weight is 231 g/mol. The van der Waals surface area contributed by atoms with Gasteiger partial charge in [0, 0.05) is 15.6 Å². The molecule has 2 aromatic rings. The summed E-state index contributed by atoms with van der Waals surface area (Å²) in [5, 5.41) is 1.43. The highest BCUT2D eigenvalue weighted by molar-refractivity contribution is 7.19. The van der Waals surface area contributed by atoms with E-state index in [-0.39, 0.29) is 6.04 Å². The van der Waals surface area contributed by atoms with E-state index in [1.165, 1.54) is 39.8 Å². The molecule has 2 heteroatoms. The van der Waals surface area contributed by atoms with Crippen molar-refractivity contribution in [1.82, 2.24) is 0 Å². The molecule has 0 radical (unpaired) electrons. The Morgan fingerprint density at radius 3 is 2.62 bits per heavy atom. The van der Waals surface area contributed by atoms with E-state index in [0.717, 1.165) is 0 Å². The van der Waals surface area contributed by atoms with Crippen LogP contribution >= 0.6 is 11.3 Å². The highest BCUT2D eigenvalue weighted by Gasteiger charge is 2.16. The van der Waals surface area contributed by atoms with Gasteiger partial charge in [-0.2, -0.15) is 0 Å². The quantitative estimate of drug-likeness (QED) is 0.795. The molecule has 2 N–H and O–H groups in total. The first-order valence-corrected chi connectivity index (χ1v) is 6.79. The lowest BCUT2D eigenvalue weighted by Gasteiger charge is -2.02. The van der Waals surface area contributed by atoms with Crippen LogP contribution in [0.4, 0.5) is 0 Å². The second-order valence-electron chi connectivity index (χ2n) is 4.85. The topological polar surface area (TPSA) is 26.0 Å². The molecule has 0 saturated heterocycles. The molecule has 0 aliphatic heterocycles. The highest BCUT2D eigenvalue weighted by atomic mass is 32.1. The van der Waals surface area contributed by atoms with Crippen LogP contribution in [0.5, 0.6) is 0 Å². The standard InChI is InChI=1S/C14H17NS/c1-8-12-6-10-4-3-5-11(10)7-13(12)16-14(8)9(2)15/h6-7,9H,3-5,15H2,1-2H3. The Morgan fingerprint density at radius 2 is 1.94 bits per heavy atom. The van der Waals surface area contributed by atoms with Crippen LogP contribution in [0.1, 0.15) is 41.0 Å². The molecule has 0 fully saturated rings. The van der Waals surface area contributed by atoms with E-state index < -0.39 is 0 Å². The summed E-state index contributed by atoms with van der Waals surface area (Å²) in [6.45, 7) is 4.28. The van der Waals surface area contributed by atoms with Gasteiger partial charge in [0.05, 0.1) is 0 Å². The lowest BCUT2D eigenvalue weighted by molar-refractivity contribution is 0.832. The fourth-order valence-corrected chi connectivity index (χ4v) is 3.95. The van der Waals surface area contributed by atoms with E-state index in [9.17, 15) is 0 Å². The van der Waals surface area contributed by atoms with Gasteiger partial charge in [0.15, 0.2) is 0 Å². The molecule has 0 amide bonds. The zero-order chi connectivity index (χ0) is 11.3. The summed E-state index contributed by atoms with van der Waals surface area (Å²) in [7, 11) is 0. The lowest BCUT2D eigenvalue weighted by Crippen LogP contribution is -2.03. The van der Waals surface area contributed by atoms with Crippen molar-refractivity contribution in [3.05, 3.63) is 33.7 Å². The molecule has 84 valence electrons. The molecule has 16 heavy (non-hydrogen) atoms. The fourth-order valence-electron chi connectivity index (χ4n) is 2.74. The molecule has 1 aromatic carbocycles. The van der Waals surface area contributed by atoms with Crippen molar-refractivity contribution in [3.8, 4) is 0 Å². The Bertz CT molecular complexity index is 551. The molecule has 1 atom stereocenters. The summed E-state index contributed by atoms with van der Waals surface area (Å²) in [5.41, 5.74) is 10.5. The van der Waals surface area contributed by atoms with Gasteiger partial charge in [0.2, 0.25) is 0 Å². The Labute approximate surface area is 100 Å². The molecule has 0 saturated carbocycles. The Kier molecular flexibility index (Phi) is 2.30. The first-order valence-electron chi connectivity index (χ1n) is 5.97. The molecule has 0 spiro atoms. The van der Waals surface area contributed by atoms with Crippen LogP contribution in [0.25, 0.3) is 10.1 Å². The van der Waals surface area contributed by atoms with Gasteiger partial charge < -0.3 is 5.73 Å². The Hall–Kier alpha value is -0.860. The molecule has 1 unspecified atom stereocenters. The molecule has 0 bridgehead atoms. The number of aryl methyl sites for hydroxylation is 3. The normalized spacial score (nSPS) is 16.7. The number of hydrogen-bond donors (Lipinski definition) is 1. The average Bonchev–Trinajstić information content (AvgIpc) is 2.80. The SMILES string of the molecule is Cc1c(C(C)N)sc2cc3c(cc12)CCC3. The van der Waals surface area contributed by atoms with Crippen molar-refractivity contribution < 1.29 is 0 Å². The summed E-state index contributed by atoms with van der Waals surface area (Å²) >= 11 is 1.87. The van der Waals surface area contributed by atoms with Gasteiger partial charge in [-0.1, -0.05) is 0 Å². The lowest BCUT2D eigenvalue weighted by atomic mass is 10.0. The predicted octanol–water partition coefficient (Wildman–Crippen LogP) is 3.72. The zero-order valence-electron chi connectivity index (χ0n) is 9.84. The third kappa shape index (κ3) is 1.40. The van der Waals surface area contributed by atoms with Crippen molar-refractivity contribution in [1.29, 1.82) is 0 Å². The minimum atomic E-state index is 0.159. The molecule has 1 nitrogen and oxygen atoms in total. The molecule has 1 aromatic heterocycles. The van der Waals surface area contributed by atoms with Crippen molar-refractivity contribution in [2.45, 2.75) is 39.2 Å². The summed E-state index contributed by atoms with van der Waals surface area (Å²) in [4.78, 5) is 1.35. The monoisotopic (exact) mass is 231 g/mol. The number of benzene rings is 1. The third-order valence-corrected chi connectivity index (χ3v) is 5.06. The fraction of sp³-hybridized carbons (Fsp3) is 0.429. The molecule has 1 heterocycles. The summed E-state index contributed by atoms with van der Waals surface area (Å²) in [6, 6.07) is 4.95. The third-order valence-electron chi connectivity index (χ3n) is 3.60. The minimum Gasteiger partial charge on any atom is -0.323 e. The van der Waals surface area contributed by atoms with Gasteiger partial charge in [-0.3, -0.25) is 0 Å². The van der Waals surface area contributed by atoms with Crippen LogP contribution < -0.4 is 5.73 Å². The number of thiophene rings is 1. The molecule has 3 rings (SSSR count). The summed E-state index contributed by atoms with van der Waals surface area (Å²) in [5.74, 6) is 0. The van der Waals surface area contributed by atoms with E-state index in [2.05, 4.69) is 26.0 Å². The van der Waals surface area contributed by atoms with Crippen LogP contribution in [0.15, 0.2) is 12.1 Å². The largest absolute Gasteiger partial charge is 0.323 e. The van der Waals surface area contributed by atoms with Gasteiger partial charge in [-0.25, -0.2) is 0 Å². The maximum atomic E-state index is 6.01. The molecule has 1 aliphatic rings. The highest BCUT2D eigenvalue weighted by Crippen LogP contribution is 2.37. The smallest absolute Gasteiger partial charge is 0.0364 e. The van der Waals surface area contributed by atoms with Gasteiger partial charge in [0.25, 0.3) is 0 Å². The first-order chi connectivity index (χ1) is 7.66. The van der Waals surface area contributed by atoms with E-state index in [4.69, 9.17) is 5.73 Å². The maximum absolute atomic E-state index is 6.01. The number of hydrogen-bond acceptors (Lipinski definition) is 2. The second-order valence-corrected chi connectivity index (χ2v) is 5.93. The predicted molar refractivity (Wildman–Crippen MR) is 71.2 cm³/mol. The maximum Gasteiger partial charge on any atom is 0.0364 e. The van der Waals surface area contributed by atoms with E-state index in [1.807, 2.05) is 11.3 Å². The van der Waals surface area contributed by atoms with Gasteiger partial charge >= 0.3 is 0 Å². The van der Waals surface area contributed by atoms with Crippen LogP contribution in [0, 0.1) is 6.92 Å². The van der Waals surface area contributed by atoms with E-state index >= 15 is 0 Å². The number of fused-ring (bicyclic) bond motifs is 2. The zero-order valence-corrected chi connectivity index (χ0v) is 10.7. The van der Waals surface area contributed by atoms with E-state index in [0.29, 0.717) is 0 Å². The summed E-state index contributed by atoms with van der Waals surface area (Å²) < 4.78 is 1.42. The van der Waals surface area contributed by atoms with Gasteiger partial charge in [0.1, 0.15) is 0 Å². The van der Waals surface area contributed by atoms with Crippen LogP contribution in [0.3, 0.4) is 0 Å². The van der Waals surface area contributed by atoms with Crippen LogP contribution in [-0.4, -0.2) is 0 Å². The van der Waals surface area contributed by atoms with Gasteiger partial charge in [-0.05, 0) is 67.3 Å². The van der Waals surface area contributed by atoms with E-state index in [1.54, 1.807) is 11.1 Å². The van der Waals surface area contributed by atoms with Crippen molar-refractivity contribution >= 4 is 21.4 Å². The second kappa shape index (κ2) is 3.57. The van der Waals surface area contributed by atoms with Gasteiger partial charge in [-0.15, -0.1) is 11.3 Å². The molecule has 1 aliphatic carbocycles. The Morgan fingerprint density at radius 1 is 1.25 bits per heavy atom. The van der Waals surface area contributed by atoms with Crippen molar-refractivity contribution in [2.24, 2.45) is 5.73 Å². The van der Waals surface area contributed by atoms with Crippen molar-refractivity contribution in [2.75, 3.05) is 0 Å². The van der Waals surface area contributed by atoms with Crippen molar-refractivity contribution in [3.63, 3.8) is 0 Å². The molecular formula is C14H17NS. The minimum absolute atomic E-state index is 0.159. The van der Waals surface area contributed by atoms with Crippen LogP contribution in [-0.2, 0) is 12.8 Å². The first kappa shape index (κ1) is 10.3.